The van der Waals surface area contributed by atoms with Crippen LogP contribution in [-0.2, 0) is 0 Å². The molecule has 0 aliphatic heterocycles. The van der Waals surface area contributed by atoms with Crippen LogP contribution >= 0.6 is 0 Å². The zero-order valence-corrected chi connectivity index (χ0v) is 12.0. The van der Waals surface area contributed by atoms with Gasteiger partial charge in [-0.15, -0.1) is 0 Å². The number of carbonyl (C=O) groups excluding carboxylic acids is 1. The number of aryl methyl sites for hydroxylation is 1. The summed E-state index contributed by atoms with van der Waals surface area (Å²) in [4.78, 5) is 30.6. The molecule has 0 spiro atoms. The number of hydrogen-bond acceptors (Lipinski definition) is 5. The number of aromatic amines is 1. The Labute approximate surface area is 128 Å². The molecule has 1 aromatic carbocycles. The molecule has 3 aromatic heterocycles. The van der Waals surface area contributed by atoms with Crippen molar-refractivity contribution in [3.05, 3.63) is 58.3 Å². The van der Waals surface area contributed by atoms with Gasteiger partial charge < -0.3 is 9.73 Å². The predicted octanol–water partition coefficient (Wildman–Crippen LogP) is 1.72. The summed E-state index contributed by atoms with van der Waals surface area (Å²) in [6, 6.07) is 8.33. The van der Waals surface area contributed by atoms with Crippen molar-refractivity contribution in [3.8, 4) is 0 Å². The van der Waals surface area contributed by atoms with Crippen molar-refractivity contribution in [3.63, 3.8) is 0 Å². The Hall–Kier alpha value is -3.42. The second kappa shape index (κ2) is 4.80. The first-order chi connectivity index (χ1) is 11.1. The van der Waals surface area contributed by atoms with Crippen LogP contribution in [0.2, 0.25) is 0 Å². The molecule has 0 unspecified atom stereocenters. The highest BCUT2D eigenvalue weighted by atomic mass is 16.4. The van der Waals surface area contributed by atoms with Crippen LogP contribution in [-0.4, -0.2) is 25.5 Å². The Kier molecular flexibility index (Phi) is 2.77. The predicted molar refractivity (Wildman–Crippen MR) is 82.5 cm³/mol. The van der Waals surface area contributed by atoms with Crippen LogP contribution in [0.15, 0.2) is 45.7 Å². The van der Waals surface area contributed by atoms with E-state index in [4.69, 9.17) is 4.42 Å². The van der Waals surface area contributed by atoms with E-state index in [0.29, 0.717) is 28.1 Å². The van der Waals surface area contributed by atoms with E-state index in [1.165, 1.54) is 0 Å². The molecule has 0 radical (unpaired) electrons. The van der Waals surface area contributed by atoms with Gasteiger partial charge in [-0.05, 0) is 25.1 Å². The van der Waals surface area contributed by atoms with E-state index in [2.05, 4.69) is 20.4 Å². The summed E-state index contributed by atoms with van der Waals surface area (Å²) in [6.45, 7) is 1.84. The smallest absolute Gasteiger partial charge is 0.408 e. The Balaban J connectivity index is 1.78. The number of amides is 1. The molecular weight excluding hydrogens is 298 g/mol. The van der Waals surface area contributed by atoms with Crippen molar-refractivity contribution in [1.82, 2.24) is 19.6 Å². The highest BCUT2D eigenvalue weighted by molar-refractivity contribution is 6.10. The van der Waals surface area contributed by atoms with Crippen molar-refractivity contribution >= 4 is 28.5 Å². The molecule has 4 rings (SSSR count). The molecule has 3 heterocycles. The lowest BCUT2D eigenvalue weighted by molar-refractivity contribution is 0.102. The molecule has 0 saturated heterocycles. The molecule has 2 N–H and O–H groups in total. The van der Waals surface area contributed by atoms with Crippen LogP contribution in [0, 0.1) is 6.92 Å². The zero-order chi connectivity index (χ0) is 16.0. The number of aromatic nitrogens is 4. The number of oxazole rings is 1. The Bertz CT molecular complexity index is 1110. The van der Waals surface area contributed by atoms with Crippen LogP contribution in [0.25, 0.3) is 16.7 Å². The SMILES string of the molecule is Cc1cc2nccc(NC(=O)c3cccc4oc(=O)[nH]c34)n2n1. The Morgan fingerprint density at radius 2 is 2.22 bits per heavy atom. The number of H-pyrrole nitrogens is 1. The minimum atomic E-state index is -0.603. The van der Waals surface area contributed by atoms with Crippen LogP contribution in [0.5, 0.6) is 0 Å². The molecular formula is C15H11N5O3. The van der Waals surface area contributed by atoms with Gasteiger partial charge in [0.15, 0.2) is 11.2 Å². The number of para-hydroxylation sites is 1. The van der Waals surface area contributed by atoms with Crippen molar-refractivity contribution in [1.29, 1.82) is 0 Å². The van der Waals surface area contributed by atoms with Gasteiger partial charge in [-0.3, -0.25) is 9.78 Å². The Morgan fingerprint density at radius 1 is 1.35 bits per heavy atom. The quantitative estimate of drug-likeness (QED) is 0.586. The Morgan fingerprint density at radius 3 is 3.09 bits per heavy atom. The largest absolute Gasteiger partial charge is 0.417 e. The van der Waals surface area contributed by atoms with Gasteiger partial charge >= 0.3 is 5.76 Å². The maximum Gasteiger partial charge on any atom is 0.417 e. The highest BCUT2D eigenvalue weighted by Gasteiger charge is 2.15. The first-order valence-corrected chi connectivity index (χ1v) is 6.86. The summed E-state index contributed by atoms with van der Waals surface area (Å²) < 4.78 is 6.51. The maximum atomic E-state index is 12.6. The molecule has 0 bridgehead atoms. The van der Waals surface area contributed by atoms with Gasteiger partial charge in [0.1, 0.15) is 5.82 Å². The highest BCUT2D eigenvalue weighted by Crippen LogP contribution is 2.17. The van der Waals surface area contributed by atoms with Crippen molar-refractivity contribution < 1.29 is 9.21 Å². The number of carbonyl (C=O) groups is 1. The maximum absolute atomic E-state index is 12.6. The lowest BCUT2D eigenvalue weighted by Gasteiger charge is -2.07. The first kappa shape index (κ1) is 13.3. The topological polar surface area (TPSA) is 105 Å². The van der Waals surface area contributed by atoms with Crippen molar-refractivity contribution in [2.24, 2.45) is 0 Å². The van der Waals surface area contributed by atoms with E-state index in [9.17, 15) is 9.59 Å². The lowest BCUT2D eigenvalue weighted by Crippen LogP contribution is -2.15. The number of nitrogens with zero attached hydrogens (tertiary/aromatic N) is 3. The van der Waals surface area contributed by atoms with Crippen molar-refractivity contribution in [2.75, 3.05) is 5.32 Å². The molecule has 8 nitrogen and oxygen atoms in total. The fraction of sp³-hybridized carbons (Fsp3) is 0.0667. The fourth-order valence-electron chi connectivity index (χ4n) is 2.45. The molecule has 0 saturated carbocycles. The zero-order valence-electron chi connectivity index (χ0n) is 12.0. The molecule has 0 aliphatic rings. The summed E-state index contributed by atoms with van der Waals surface area (Å²) in [5.41, 5.74) is 2.42. The van der Waals surface area contributed by atoms with Crippen LogP contribution in [0.4, 0.5) is 5.82 Å². The lowest BCUT2D eigenvalue weighted by atomic mass is 10.2. The van der Waals surface area contributed by atoms with Gasteiger partial charge in [0.2, 0.25) is 0 Å². The summed E-state index contributed by atoms with van der Waals surface area (Å²) in [5.74, 6) is -0.501. The number of rotatable bonds is 2. The number of anilines is 1. The number of nitrogens with one attached hydrogen (secondary N) is 2. The normalized spacial score (nSPS) is 11.2. The molecule has 4 aromatic rings. The molecule has 8 heteroatoms. The van der Waals surface area contributed by atoms with Crippen LogP contribution in [0.3, 0.4) is 0 Å². The summed E-state index contributed by atoms with van der Waals surface area (Å²) in [6.07, 6.45) is 1.59. The minimum Gasteiger partial charge on any atom is -0.408 e. The van der Waals surface area contributed by atoms with Gasteiger partial charge in [-0.1, -0.05) is 6.07 Å². The molecule has 1 amide bonds. The van der Waals surface area contributed by atoms with Gasteiger partial charge in [-0.25, -0.2) is 9.78 Å². The molecule has 114 valence electrons. The van der Waals surface area contributed by atoms with E-state index in [1.54, 1.807) is 35.0 Å². The molecule has 0 aliphatic carbocycles. The summed E-state index contributed by atoms with van der Waals surface area (Å²) in [7, 11) is 0. The minimum absolute atomic E-state index is 0.308. The van der Waals surface area contributed by atoms with Crippen LogP contribution in [0.1, 0.15) is 16.1 Å². The summed E-state index contributed by atoms with van der Waals surface area (Å²) in [5, 5.41) is 7.06. The second-order valence-corrected chi connectivity index (χ2v) is 5.03. The van der Waals surface area contributed by atoms with E-state index >= 15 is 0 Å². The third-order valence-electron chi connectivity index (χ3n) is 3.42. The van der Waals surface area contributed by atoms with E-state index < -0.39 is 5.76 Å². The molecule has 23 heavy (non-hydrogen) atoms. The van der Waals surface area contributed by atoms with E-state index in [-0.39, 0.29) is 5.91 Å². The standard InChI is InChI=1S/C15H11N5O3/c1-8-7-12-16-6-5-11(20(12)19-8)17-14(21)9-3-2-4-10-13(9)18-15(22)23-10/h2-7H,1H3,(H,17,21)(H,18,22). The van der Waals surface area contributed by atoms with Crippen LogP contribution < -0.4 is 11.1 Å². The van der Waals surface area contributed by atoms with E-state index in [1.807, 2.05) is 13.0 Å². The third-order valence-corrected chi connectivity index (χ3v) is 3.42. The average molecular weight is 309 g/mol. The van der Waals surface area contributed by atoms with Gasteiger partial charge in [0, 0.05) is 12.3 Å². The monoisotopic (exact) mass is 309 g/mol. The summed E-state index contributed by atoms with van der Waals surface area (Å²) >= 11 is 0. The third kappa shape index (κ3) is 2.16. The number of hydrogen-bond donors (Lipinski definition) is 2. The van der Waals surface area contributed by atoms with Gasteiger partial charge in [0.25, 0.3) is 5.91 Å². The van der Waals surface area contributed by atoms with Crippen molar-refractivity contribution in [2.45, 2.75) is 6.92 Å². The second-order valence-electron chi connectivity index (χ2n) is 5.03. The molecule has 0 fully saturated rings. The number of benzene rings is 1. The average Bonchev–Trinajstić information content (AvgIpc) is 3.08. The number of fused-ring (bicyclic) bond motifs is 2. The fourth-order valence-corrected chi connectivity index (χ4v) is 2.45. The van der Waals surface area contributed by atoms with Gasteiger partial charge in [0.05, 0.1) is 16.8 Å². The van der Waals surface area contributed by atoms with E-state index in [0.717, 1.165) is 5.69 Å². The molecule has 0 atom stereocenters. The first-order valence-electron chi connectivity index (χ1n) is 6.86. The van der Waals surface area contributed by atoms with Gasteiger partial charge in [-0.2, -0.15) is 9.61 Å².